The lowest BCUT2D eigenvalue weighted by Gasteiger charge is -2.20. The van der Waals surface area contributed by atoms with Gasteiger partial charge < -0.3 is 5.32 Å². The minimum absolute atomic E-state index is 0.0290. The van der Waals surface area contributed by atoms with Crippen molar-refractivity contribution in [1.29, 1.82) is 5.26 Å². The highest BCUT2D eigenvalue weighted by atomic mass is 16.6. The Morgan fingerprint density at radius 2 is 1.95 bits per heavy atom. The lowest BCUT2D eigenvalue weighted by molar-refractivity contribution is -0.385. The molecule has 1 fully saturated rings. The van der Waals surface area contributed by atoms with Crippen LogP contribution in [0.1, 0.15) is 36.8 Å². The average Bonchev–Trinajstić information content (AvgIpc) is 2.92. The smallest absolute Gasteiger partial charge is 0.272 e. The first-order valence-electron chi connectivity index (χ1n) is 6.88. The zero-order chi connectivity index (χ0) is 15.6. The van der Waals surface area contributed by atoms with Gasteiger partial charge in [-0.1, -0.05) is 12.8 Å². The first-order chi connectivity index (χ1) is 9.89. The molecule has 1 aromatic carbocycles. The molecule has 1 saturated carbocycles. The standard InChI is InChI=1S/C15H17N3O3/c1-10-8-13(18(20)21)11(2)7-12(10)17-14(19)15(9-16)5-3-4-6-15/h7-8H,3-6H2,1-2H3,(H,17,19). The van der Waals surface area contributed by atoms with Crippen molar-refractivity contribution in [2.75, 3.05) is 5.32 Å². The van der Waals surface area contributed by atoms with E-state index in [-0.39, 0.29) is 11.6 Å². The third-order valence-electron chi connectivity index (χ3n) is 4.09. The van der Waals surface area contributed by atoms with E-state index >= 15 is 0 Å². The van der Waals surface area contributed by atoms with Crippen molar-refractivity contribution >= 4 is 17.3 Å². The molecule has 1 N–H and O–H groups in total. The zero-order valence-corrected chi connectivity index (χ0v) is 12.1. The Morgan fingerprint density at radius 1 is 1.33 bits per heavy atom. The summed E-state index contributed by atoms with van der Waals surface area (Å²) in [6, 6.07) is 5.17. The number of carbonyl (C=O) groups is 1. The molecule has 6 heteroatoms. The van der Waals surface area contributed by atoms with Gasteiger partial charge in [0.25, 0.3) is 5.69 Å². The average molecular weight is 287 g/mol. The Bertz CT molecular complexity index is 640. The number of amides is 1. The van der Waals surface area contributed by atoms with Gasteiger partial charge in [0.2, 0.25) is 5.91 Å². The van der Waals surface area contributed by atoms with Gasteiger partial charge >= 0.3 is 0 Å². The zero-order valence-electron chi connectivity index (χ0n) is 12.1. The minimum atomic E-state index is -0.956. The number of hydrogen-bond donors (Lipinski definition) is 1. The van der Waals surface area contributed by atoms with Gasteiger partial charge in [-0.05, 0) is 38.3 Å². The molecule has 6 nitrogen and oxygen atoms in total. The molecule has 0 atom stereocenters. The molecule has 0 aliphatic heterocycles. The second kappa shape index (κ2) is 5.52. The number of hydrogen-bond acceptors (Lipinski definition) is 4. The summed E-state index contributed by atoms with van der Waals surface area (Å²) in [4.78, 5) is 22.8. The van der Waals surface area contributed by atoms with Crippen LogP contribution >= 0.6 is 0 Å². The number of nitro benzene ring substituents is 1. The van der Waals surface area contributed by atoms with Crippen LogP contribution in [0.2, 0.25) is 0 Å². The number of carbonyl (C=O) groups excluding carboxylic acids is 1. The second-order valence-corrected chi connectivity index (χ2v) is 5.57. The van der Waals surface area contributed by atoms with Gasteiger partial charge in [0.05, 0.1) is 11.0 Å². The number of aryl methyl sites for hydroxylation is 2. The van der Waals surface area contributed by atoms with E-state index in [4.69, 9.17) is 0 Å². The number of benzene rings is 1. The number of nitrogens with zero attached hydrogens (tertiary/aromatic N) is 2. The van der Waals surface area contributed by atoms with Crippen LogP contribution in [0, 0.1) is 40.7 Å². The van der Waals surface area contributed by atoms with Crippen LogP contribution in [0.4, 0.5) is 11.4 Å². The van der Waals surface area contributed by atoms with Crippen molar-refractivity contribution in [3.63, 3.8) is 0 Å². The maximum absolute atomic E-state index is 12.4. The van der Waals surface area contributed by atoms with Crippen molar-refractivity contribution < 1.29 is 9.72 Å². The number of nitro groups is 1. The molecular formula is C15H17N3O3. The molecule has 1 aromatic rings. The van der Waals surface area contributed by atoms with Gasteiger partial charge in [-0.2, -0.15) is 5.26 Å². The van der Waals surface area contributed by atoms with Crippen LogP contribution < -0.4 is 5.32 Å². The van der Waals surface area contributed by atoms with Gasteiger partial charge in [-0.3, -0.25) is 14.9 Å². The highest BCUT2D eigenvalue weighted by Gasteiger charge is 2.41. The molecule has 0 bridgehead atoms. The Balaban J connectivity index is 2.28. The molecule has 0 unspecified atom stereocenters. The van der Waals surface area contributed by atoms with Crippen molar-refractivity contribution in [2.24, 2.45) is 5.41 Å². The van der Waals surface area contributed by atoms with E-state index in [0.29, 0.717) is 29.7 Å². The van der Waals surface area contributed by atoms with E-state index in [9.17, 15) is 20.2 Å². The summed E-state index contributed by atoms with van der Waals surface area (Å²) >= 11 is 0. The summed E-state index contributed by atoms with van der Waals surface area (Å²) in [5.41, 5.74) is 0.707. The fraction of sp³-hybridized carbons (Fsp3) is 0.467. The fourth-order valence-electron chi connectivity index (χ4n) is 2.74. The van der Waals surface area contributed by atoms with E-state index < -0.39 is 10.3 Å². The highest BCUT2D eigenvalue weighted by molar-refractivity contribution is 5.98. The molecule has 0 saturated heterocycles. The van der Waals surface area contributed by atoms with Crippen LogP contribution in [-0.4, -0.2) is 10.8 Å². The Labute approximate surface area is 122 Å². The van der Waals surface area contributed by atoms with Crippen molar-refractivity contribution in [3.8, 4) is 6.07 Å². The van der Waals surface area contributed by atoms with Crippen molar-refractivity contribution in [2.45, 2.75) is 39.5 Å². The summed E-state index contributed by atoms with van der Waals surface area (Å²) in [7, 11) is 0. The van der Waals surface area contributed by atoms with E-state index in [0.717, 1.165) is 12.8 Å². The molecule has 21 heavy (non-hydrogen) atoms. The number of anilines is 1. The Morgan fingerprint density at radius 3 is 2.48 bits per heavy atom. The van der Waals surface area contributed by atoms with Crippen LogP contribution in [0.5, 0.6) is 0 Å². The molecule has 1 aliphatic rings. The Hall–Kier alpha value is -2.42. The van der Waals surface area contributed by atoms with Crippen LogP contribution in [0.15, 0.2) is 12.1 Å². The third kappa shape index (κ3) is 2.72. The maximum Gasteiger partial charge on any atom is 0.272 e. The molecule has 1 amide bonds. The van der Waals surface area contributed by atoms with Gasteiger partial charge in [0.1, 0.15) is 5.41 Å². The first-order valence-corrected chi connectivity index (χ1v) is 6.88. The summed E-state index contributed by atoms with van der Waals surface area (Å²) in [5, 5.41) is 23.0. The van der Waals surface area contributed by atoms with Crippen LogP contribution in [-0.2, 0) is 4.79 Å². The highest BCUT2D eigenvalue weighted by Crippen LogP contribution is 2.39. The predicted molar refractivity (Wildman–Crippen MR) is 77.7 cm³/mol. The van der Waals surface area contributed by atoms with E-state index in [1.807, 2.05) is 0 Å². The van der Waals surface area contributed by atoms with Gasteiger partial charge in [-0.25, -0.2) is 0 Å². The molecule has 0 heterocycles. The molecule has 110 valence electrons. The molecule has 1 aliphatic carbocycles. The summed E-state index contributed by atoms with van der Waals surface area (Å²) < 4.78 is 0. The van der Waals surface area contributed by atoms with Gasteiger partial charge in [-0.15, -0.1) is 0 Å². The van der Waals surface area contributed by atoms with Crippen molar-refractivity contribution in [1.82, 2.24) is 0 Å². The monoisotopic (exact) mass is 287 g/mol. The van der Waals surface area contributed by atoms with Gasteiger partial charge in [0.15, 0.2) is 0 Å². The summed E-state index contributed by atoms with van der Waals surface area (Å²) in [6.45, 7) is 3.33. The number of rotatable bonds is 3. The molecule has 2 rings (SSSR count). The second-order valence-electron chi connectivity index (χ2n) is 5.57. The largest absolute Gasteiger partial charge is 0.324 e. The van der Waals surface area contributed by atoms with Gasteiger partial charge in [0, 0.05) is 17.3 Å². The quantitative estimate of drug-likeness (QED) is 0.681. The van der Waals surface area contributed by atoms with Crippen molar-refractivity contribution in [3.05, 3.63) is 33.4 Å². The fourth-order valence-corrected chi connectivity index (χ4v) is 2.74. The molecule has 0 radical (unpaired) electrons. The predicted octanol–water partition coefficient (Wildman–Crippen LogP) is 3.23. The number of nitriles is 1. The maximum atomic E-state index is 12.4. The summed E-state index contributed by atoms with van der Waals surface area (Å²) in [6.07, 6.45) is 2.89. The summed E-state index contributed by atoms with van der Waals surface area (Å²) in [5.74, 6) is -0.307. The Kier molecular flexibility index (Phi) is 3.94. The minimum Gasteiger partial charge on any atom is -0.324 e. The lowest BCUT2D eigenvalue weighted by Crippen LogP contribution is -2.32. The van der Waals surface area contributed by atoms with E-state index in [1.54, 1.807) is 19.9 Å². The van der Waals surface area contributed by atoms with Crippen LogP contribution in [0.3, 0.4) is 0 Å². The van der Waals surface area contributed by atoms with E-state index in [2.05, 4.69) is 11.4 Å². The number of nitrogens with one attached hydrogen (secondary N) is 1. The normalized spacial score (nSPS) is 16.2. The first kappa shape index (κ1) is 15.0. The third-order valence-corrected chi connectivity index (χ3v) is 4.09. The van der Waals surface area contributed by atoms with E-state index in [1.165, 1.54) is 6.07 Å². The topological polar surface area (TPSA) is 96.0 Å². The molecular weight excluding hydrogens is 270 g/mol. The SMILES string of the molecule is Cc1cc([N+](=O)[O-])c(C)cc1NC(=O)C1(C#N)CCCC1. The molecule has 0 aromatic heterocycles. The molecule has 0 spiro atoms. The lowest BCUT2D eigenvalue weighted by atomic mass is 9.87. The van der Waals surface area contributed by atoms with Crippen LogP contribution in [0.25, 0.3) is 0 Å².